The molecule has 1 aliphatic rings. The first kappa shape index (κ1) is 11.7. The van der Waals surface area contributed by atoms with Crippen molar-refractivity contribution in [2.24, 2.45) is 5.92 Å². The predicted octanol–water partition coefficient (Wildman–Crippen LogP) is 0.0854. The molecule has 0 bridgehead atoms. The zero-order valence-electron chi connectivity index (χ0n) is 7.13. The molecule has 0 aromatic carbocycles. The molecule has 0 aromatic heterocycles. The third-order valence-electron chi connectivity index (χ3n) is 1.75. The maximum atomic E-state index is 11.1. The van der Waals surface area contributed by atoms with Gasteiger partial charge in [0.05, 0.1) is 12.5 Å². The zero-order valence-corrected chi connectivity index (χ0v) is 7.95. The fourth-order valence-corrected chi connectivity index (χ4v) is 1.11. The highest BCUT2D eigenvalue weighted by Gasteiger charge is 2.21. The van der Waals surface area contributed by atoms with Crippen LogP contribution >= 0.6 is 12.4 Å². The van der Waals surface area contributed by atoms with Crippen molar-refractivity contribution in [1.82, 2.24) is 10.8 Å². The summed E-state index contributed by atoms with van der Waals surface area (Å²) in [5.74, 6) is 0.0957. The number of hydrogen-bond donors (Lipinski definition) is 2. The monoisotopic (exact) mass is 194 g/mol. The Labute approximate surface area is 78.4 Å². The summed E-state index contributed by atoms with van der Waals surface area (Å²) in [7, 11) is 0. The van der Waals surface area contributed by atoms with Gasteiger partial charge in [-0.05, 0) is 19.9 Å². The molecule has 1 atom stereocenters. The predicted molar refractivity (Wildman–Crippen MR) is 48.0 cm³/mol. The van der Waals surface area contributed by atoms with Crippen LogP contribution < -0.4 is 10.8 Å². The highest BCUT2D eigenvalue weighted by atomic mass is 35.5. The van der Waals surface area contributed by atoms with E-state index < -0.39 is 0 Å². The van der Waals surface area contributed by atoms with Crippen LogP contribution in [0.1, 0.15) is 13.3 Å². The summed E-state index contributed by atoms with van der Waals surface area (Å²) >= 11 is 0. The average Bonchev–Trinajstić information content (AvgIpc) is 2.52. The van der Waals surface area contributed by atoms with E-state index >= 15 is 0 Å². The number of hydroxylamine groups is 1. The summed E-state index contributed by atoms with van der Waals surface area (Å²) in [5.41, 5.74) is 2.40. The Morgan fingerprint density at radius 3 is 3.00 bits per heavy atom. The largest absolute Gasteiger partial charge is 0.316 e. The van der Waals surface area contributed by atoms with Crippen molar-refractivity contribution in [3.05, 3.63) is 0 Å². The van der Waals surface area contributed by atoms with Gasteiger partial charge in [0.1, 0.15) is 0 Å². The maximum Gasteiger partial charge on any atom is 0.247 e. The smallest absolute Gasteiger partial charge is 0.247 e. The van der Waals surface area contributed by atoms with Crippen LogP contribution in [0.3, 0.4) is 0 Å². The van der Waals surface area contributed by atoms with E-state index in [0.717, 1.165) is 19.5 Å². The lowest BCUT2D eigenvalue weighted by Crippen LogP contribution is -2.31. The quantitative estimate of drug-likeness (QED) is 0.626. The van der Waals surface area contributed by atoms with Gasteiger partial charge in [-0.25, -0.2) is 5.48 Å². The lowest BCUT2D eigenvalue weighted by atomic mass is 10.1. The summed E-state index contributed by atoms with van der Waals surface area (Å²) in [5, 5.41) is 3.11. The first-order chi connectivity index (χ1) is 5.34. The Morgan fingerprint density at radius 1 is 1.75 bits per heavy atom. The van der Waals surface area contributed by atoms with E-state index in [4.69, 9.17) is 4.84 Å². The van der Waals surface area contributed by atoms with Crippen molar-refractivity contribution in [2.45, 2.75) is 13.3 Å². The molecule has 1 saturated heterocycles. The van der Waals surface area contributed by atoms with Crippen LogP contribution in [0.15, 0.2) is 0 Å². The molecule has 4 nitrogen and oxygen atoms in total. The first-order valence-electron chi connectivity index (χ1n) is 3.97. The van der Waals surface area contributed by atoms with Crippen molar-refractivity contribution in [3.63, 3.8) is 0 Å². The third kappa shape index (κ3) is 3.38. The number of nitrogens with one attached hydrogen (secondary N) is 2. The van der Waals surface area contributed by atoms with Crippen molar-refractivity contribution in [3.8, 4) is 0 Å². The summed E-state index contributed by atoms with van der Waals surface area (Å²) in [6.07, 6.45) is 0.916. The molecule has 0 saturated carbocycles. The molecule has 1 fully saturated rings. The molecule has 1 amide bonds. The summed E-state index contributed by atoms with van der Waals surface area (Å²) in [6, 6.07) is 0. The SMILES string of the molecule is CCONC(=O)[C@@H]1CCNC1.Cl. The molecular formula is C7H15ClN2O2. The summed E-state index contributed by atoms with van der Waals surface area (Å²) in [4.78, 5) is 15.9. The van der Waals surface area contributed by atoms with Crippen molar-refractivity contribution >= 4 is 18.3 Å². The van der Waals surface area contributed by atoms with E-state index in [0.29, 0.717) is 6.61 Å². The van der Waals surface area contributed by atoms with E-state index in [1.165, 1.54) is 0 Å². The number of hydrogen-bond acceptors (Lipinski definition) is 3. The molecule has 0 spiro atoms. The number of carbonyl (C=O) groups excluding carboxylic acids is 1. The van der Waals surface area contributed by atoms with Gasteiger partial charge in [-0.3, -0.25) is 9.63 Å². The molecule has 0 radical (unpaired) electrons. The van der Waals surface area contributed by atoms with Crippen molar-refractivity contribution in [1.29, 1.82) is 0 Å². The van der Waals surface area contributed by atoms with Gasteiger partial charge in [-0.1, -0.05) is 0 Å². The topological polar surface area (TPSA) is 50.4 Å². The zero-order chi connectivity index (χ0) is 8.10. The number of rotatable bonds is 3. The minimum absolute atomic E-state index is 0. The Bertz CT molecular complexity index is 137. The summed E-state index contributed by atoms with van der Waals surface area (Å²) < 4.78 is 0. The Kier molecular flexibility index (Phi) is 6.06. The lowest BCUT2D eigenvalue weighted by molar-refractivity contribution is -0.136. The molecule has 0 aliphatic carbocycles. The van der Waals surface area contributed by atoms with Gasteiger partial charge < -0.3 is 5.32 Å². The van der Waals surface area contributed by atoms with Crippen molar-refractivity contribution < 1.29 is 9.63 Å². The molecule has 12 heavy (non-hydrogen) atoms. The highest BCUT2D eigenvalue weighted by molar-refractivity contribution is 5.85. The second-order valence-electron chi connectivity index (χ2n) is 2.59. The highest BCUT2D eigenvalue weighted by Crippen LogP contribution is 2.06. The van der Waals surface area contributed by atoms with Crippen LogP contribution in [0.4, 0.5) is 0 Å². The molecule has 0 unspecified atom stereocenters. The van der Waals surface area contributed by atoms with Crippen LogP contribution in [0.5, 0.6) is 0 Å². The molecule has 72 valence electrons. The van der Waals surface area contributed by atoms with E-state index in [-0.39, 0.29) is 24.2 Å². The second kappa shape index (κ2) is 6.22. The van der Waals surface area contributed by atoms with E-state index in [9.17, 15) is 4.79 Å². The first-order valence-corrected chi connectivity index (χ1v) is 3.97. The summed E-state index contributed by atoms with van der Waals surface area (Å²) in [6.45, 7) is 4.07. The molecule has 0 aromatic rings. The molecule has 1 aliphatic heterocycles. The number of amides is 1. The van der Waals surface area contributed by atoms with Crippen LogP contribution in [0.25, 0.3) is 0 Å². The molecule has 1 heterocycles. The molecule has 1 rings (SSSR count). The number of halogens is 1. The second-order valence-corrected chi connectivity index (χ2v) is 2.59. The van der Waals surface area contributed by atoms with E-state index in [2.05, 4.69) is 10.8 Å². The van der Waals surface area contributed by atoms with Crippen LogP contribution in [0, 0.1) is 5.92 Å². The fraction of sp³-hybridized carbons (Fsp3) is 0.857. The maximum absolute atomic E-state index is 11.1. The van der Waals surface area contributed by atoms with Crippen LogP contribution in [-0.2, 0) is 9.63 Å². The fourth-order valence-electron chi connectivity index (χ4n) is 1.11. The number of carbonyl (C=O) groups is 1. The van der Waals surface area contributed by atoms with Crippen LogP contribution in [0.2, 0.25) is 0 Å². The van der Waals surface area contributed by atoms with E-state index in [1.807, 2.05) is 6.92 Å². The van der Waals surface area contributed by atoms with Gasteiger partial charge in [-0.15, -0.1) is 12.4 Å². The standard InChI is InChI=1S/C7H14N2O2.ClH/c1-2-11-9-7(10)6-3-4-8-5-6;/h6,8H,2-5H2,1H3,(H,9,10);1H/t6-;/m1./s1. The molecular weight excluding hydrogens is 180 g/mol. The Morgan fingerprint density at radius 2 is 2.50 bits per heavy atom. The minimum Gasteiger partial charge on any atom is -0.316 e. The van der Waals surface area contributed by atoms with Gasteiger partial charge in [-0.2, -0.15) is 0 Å². The molecule has 5 heteroatoms. The lowest BCUT2D eigenvalue weighted by Gasteiger charge is -2.07. The van der Waals surface area contributed by atoms with E-state index in [1.54, 1.807) is 0 Å². The minimum atomic E-state index is -0.00292. The average molecular weight is 195 g/mol. The third-order valence-corrected chi connectivity index (χ3v) is 1.75. The van der Waals surface area contributed by atoms with Crippen molar-refractivity contribution in [2.75, 3.05) is 19.7 Å². The Hall–Kier alpha value is -0.320. The molecule has 2 N–H and O–H groups in total. The normalized spacial score (nSPS) is 21.6. The van der Waals surface area contributed by atoms with Gasteiger partial charge in [0.2, 0.25) is 5.91 Å². The van der Waals surface area contributed by atoms with Crippen LogP contribution in [-0.4, -0.2) is 25.6 Å². The van der Waals surface area contributed by atoms with Gasteiger partial charge in [0, 0.05) is 6.54 Å². The van der Waals surface area contributed by atoms with Gasteiger partial charge in [0.25, 0.3) is 0 Å². The van der Waals surface area contributed by atoms with Gasteiger partial charge in [0.15, 0.2) is 0 Å². The van der Waals surface area contributed by atoms with Gasteiger partial charge >= 0.3 is 0 Å². The Balaban J connectivity index is 0.00000121.